The minimum Gasteiger partial charge on any atom is -0.378 e. The highest BCUT2D eigenvalue weighted by Gasteiger charge is 2.17. The largest absolute Gasteiger partial charge is 0.378 e. The number of nitrogens with zero attached hydrogens (tertiary/aromatic N) is 3. The van der Waals surface area contributed by atoms with Gasteiger partial charge in [-0.1, -0.05) is 35.6 Å². The predicted molar refractivity (Wildman–Crippen MR) is 115 cm³/mol. The molecule has 0 atom stereocenters. The molecule has 3 aromatic rings. The first-order chi connectivity index (χ1) is 12.5. The number of hydrogen-bond acceptors (Lipinski definition) is 3. The first kappa shape index (κ1) is 18.6. The molecule has 0 saturated carbocycles. The lowest BCUT2D eigenvalue weighted by Gasteiger charge is -2.11. The Morgan fingerprint density at radius 3 is 2.35 bits per heavy atom. The predicted octanol–water partition coefficient (Wildman–Crippen LogP) is 4.38. The van der Waals surface area contributed by atoms with Gasteiger partial charge in [0.25, 0.3) is 5.01 Å². The molecule has 0 amide bonds. The number of fused-ring (bicyclic) bond motifs is 1. The molecule has 0 N–H and O–H groups in total. The zero-order chi connectivity index (χ0) is 18.5. The van der Waals surface area contributed by atoms with Crippen LogP contribution in [0.25, 0.3) is 22.4 Å². The Morgan fingerprint density at radius 2 is 1.65 bits per heavy atom. The Hall–Kier alpha value is -2.17. The molecular formula is C22H28N3S+. The molecule has 0 aliphatic carbocycles. The maximum absolute atomic E-state index is 2.45. The Balaban J connectivity index is 1.85. The molecule has 136 valence electrons. The molecule has 1 aromatic heterocycles. The van der Waals surface area contributed by atoms with Crippen LogP contribution in [0.1, 0.15) is 17.0 Å². The van der Waals surface area contributed by atoms with E-state index in [4.69, 9.17) is 0 Å². The first-order valence-corrected chi connectivity index (χ1v) is 9.88. The van der Waals surface area contributed by atoms with E-state index < -0.39 is 0 Å². The van der Waals surface area contributed by atoms with Gasteiger partial charge in [0, 0.05) is 44.9 Å². The molecular weight excluding hydrogens is 338 g/mol. The Morgan fingerprint density at radius 1 is 0.923 bits per heavy atom. The molecule has 1 heterocycles. The highest BCUT2D eigenvalue weighted by Crippen LogP contribution is 2.22. The molecule has 3 nitrogen and oxygen atoms in total. The molecule has 0 aliphatic heterocycles. The van der Waals surface area contributed by atoms with Crippen LogP contribution in [-0.4, -0.2) is 39.6 Å². The van der Waals surface area contributed by atoms with Crippen molar-refractivity contribution in [2.45, 2.75) is 13.0 Å². The van der Waals surface area contributed by atoms with Crippen molar-refractivity contribution >= 4 is 39.4 Å². The van der Waals surface area contributed by atoms with Gasteiger partial charge in [-0.15, -0.1) is 0 Å². The van der Waals surface area contributed by atoms with Gasteiger partial charge in [-0.2, -0.15) is 4.57 Å². The van der Waals surface area contributed by atoms with Crippen LogP contribution in [0.2, 0.25) is 0 Å². The van der Waals surface area contributed by atoms with Crippen LogP contribution in [0.3, 0.4) is 0 Å². The molecule has 26 heavy (non-hydrogen) atoms. The summed E-state index contributed by atoms with van der Waals surface area (Å²) in [5.41, 5.74) is 3.79. The quantitative estimate of drug-likeness (QED) is 0.575. The smallest absolute Gasteiger partial charge is 0.262 e. The highest BCUT2D eigenvalue weighted by molar-refractivity contribution is 7.18. The van der Waals surface area contributed by atoms with Gasteiger partial charge < -0.3 is 9.80 Å². The van der Waals surface area contributed by atoms with E-state index in [1.165, 1.54) is 26.5 Å². The summed E-state index contributed by atoms with van der Waals surface area (Å²) in [5.74, 6) is 0. The first-order valence-electron chi connectivity index (χ1n) is 9.06. The van der Waals surface area contributed by atoms with Gasteiger partial charge in [-0.05, 0) is 43.9 Å². The van der Waals surface area contributed by atoms with Gasteiger partial charge in [0.15, 0.2) is 6.54 Å². The van der Waals surface area contributed by atoms with Crippen LogP contribution >= 0.6 is 11.3 Å². The number of aromatic nitrogens is 1. The minimum atomic E-state index is 1.04. The molecule has 4 heteroatoms. The summed E-state index contributed by atoms with van der Waals surface area (Å²) in [6, 6.07) is 17.4. The van der Waals surface area contributed by atoms with Gasteiger partial charge >= 0.3 is 0 Å². The Kier molecular flexibility index (Phi) is 6.07. The number of hydrogen-bond donors (Lipinski definition) is 0. The Bertz CT molecular complexity index is 876. The zero-order valence-corrected chi connectivity index (χ0v) is 17.0. The van der Waals surface area contributed by atoms with Crippen LogP contribution in [-0.2, 0) is 6.54 Å². The summed E-state index contributed by atoms with van der Waals surface area (Å²) in [6.45, 7) is 2.15. The molecule has 0 spiro atoms. The highest BCUT2D eigenvalue weighted by atomic mass is 32.1. The lowest BCUT2D eigenvalue weighted by Crippen LogP contribution is -2.36. The number of anilines is 1. The van der Waals surface area contributed by atoms with Crippen LogP contribution < -0.4 is 9.47 Å². The van der Waals surface area contributed by atoms with E-state index in [1.807, 2.05) is 11.3 Å². The van der Waals surface area contributed by atoms with E-state index in [2.05, 4.69) is 103 Å². The average Bonchev–Trinajstić information content (AvgIpc) is 2.98. The second kappa shape index (κ2) is 8.47. The lowest BCUT2D eigenvalue weighted by molar-refractivity contribution is -0.669. The summed E-state index contributed by atoms with van der Waals surface area (Å²) in [6.07, 6.45) is 5.62. The molecule has 0 unspecified atom stereocenters. The number of benzene rings is 2. The topological polar surface area (TPSA) is 10.4 Å². The lowest BCUT2D eigenvalue weighted by atomic mass is 10.2. The maximum Gasteiger partial charge on any atom is 0.262 e. The molecule has 2 aromatic carbocycles. The fraction of sp³-hybridized carbons (Fsp3) is 0.318. The monoisotopic (exact) mass is 366 g/mol. The number of para-hydroxylation sites is 1. The van der Waals surface area contributed by atoms with Crippen LogP contribution in [0.5, 0.6) is 0 Å². The van der Waals surface area contributed by atoms with Crippen LogP contribution in [0.4, 0.5) is 5.69 Å². The number of aryl methyl sites for hydroxylation is 1. The normalized spacial score (nSPS) is 11.7. The number of thiazole rings is 1. The van der Waals surface area contributed by atoms with E-state index in [1.54, 1.807) is 0 Å². The van der Waals surface area contributed by atoms with E-state index in [-0.39, 0.29) is 0 Å². The third-order valence-electron chi connectivity index (χ3n) is 4.45. The average molecular weight is 367 g/mol. The number of rotatable bonds is 7. The van der Waals surface area contributed by atoms with E-state index in [0.29, 0.717) is 0 Å². The van der Waals surface area contributed by atoms with Crippen LogP contribution in [0.15, 0.2) is 48.5 Å². The van der Waals surface area contributed by atoms with Gasteiger partial charge in [0.1, 0.15) is 4.70 Å². The van der Waals surface area contributed by atoms with Crippen molar-refractivity contribution in [1.82, 2.24) is 4.90 Å². The Labute approximate surface area is 160 Å². The third-order valence-corrected chi connectivity index (χ3v) is 5.58. The van der Waals surface area contributed by atoms with Crippen molar-refractivity contribution in [3.05, 3.63) is 59.1 Å². The molecule has 0 radical (unpaired) electrons. The SMILES string of the molecule is CN(C)CCC[n+]1c(C=Cc2ccc(N(C)C)cc2)sc2ccccc21. The second-order valence-electron chi connectivity index (χ2n) is 7.04. The van der Waals surface area contributed by atoms with E-state index in [9.17, 15) is 0 Å². The summed E-state index contributed by atoms with van der Waals surface area (Å²) in [5, 5.41) is 1.31. The van der Waals surface area contributed by atoms with Crippen molar-refractivity contribution in [2.75, 3.05) is 39.6 Å². The van der Waals surface area contributed by atoms with Crippen molar-refractivity contribution < 1.29 is 4.57 Å². The zero-order valence-electron chi connectivity index (χ0n) is 16.1. The molecule has 0 saturated heterocycles. The fourth-order valence-corrected chi connectivity index (χ4v) is 4.09. The molecule has 3 rings (SSSR count). The third kappa shape index (κ3) is 4.51. The molecule has 0 fully saturated rings. The molecule has 0 aliphatic rings. The second-order valence-corrected chi connectivity index (χ2v) is 8.10. The summed E-state index contributed by atoms with van der Waals surface area (Å²) in [7, 11) is 8.40. The van der Waals surface area contributed by atoms with Gasteiger partial charge in [0.05, 0.1) is 0 Å². The minimum absolute atomic E-state index is 1.04. The van der Waals surface area contributed by atoms with Crippen LogP contribution in [0, 0.1) is 0 Å². The summed E-state index contributed by atoms with van der Waals surface area (Å²) in [4.78, 5) is 4.37. The maximum atomic E-state index is 2.45. The standard InChI is InChI=1S/C22H28N3S/c1-23(2)16-7-17-25-20-8-5-6-9-21(20)26-22(25)15-12-18-10-13-19(14-11-18)24(3)4/h5-6,8-15H,7,16-17H2,1-4H3/q+1. The van der Waals surface area contributed by atoms with Crippen molar-refractivity contribution in [2.24, 2.45) is 0 Å². The van der Waals surface area contributed by atoms with Gasteiger partial charge in [-0.3, -0.25) is 0 Å². The summed E-state index contributed by atoms with van der Waals surface area (Å²) >= 11 is 1.86. The van der Waals surface area contributed by atoms with Crippen molar-refractivity contribution in [3.63, 3.8) is 0 Å². The fourth-order valence-electron chi connectivity index (χ4n) is 3.00. The van der Waals surface area contributed by atoms with E-state index >= 15 is 0 Å². The van der Waals surface area contributed by atoms with E-state index in [0.717, 1.165) is 19.5 Å². The van der Waals surface area contributed by atoms with Crippen molar-refractivity contribution in [3.8, 4) is 0 Å². The van der Waals surface area contributed by atoms with Gasteiger partial charge in [0.2, 0.25) is 5.52 Å². The summed E-state index contributed by atoms with van der Waals surface area (Å²) < 4.78 is 3.80. The van der Waals surface area contributed by atoms with Gasteiger partial charge in [-0.25, -0.2) is 0 Å². The molecule has 0 bridgehead atoms. The van der Waals surface area contributed by atoms with Crippen molar-refractivity contribution in [1.29, 1.82) is 0 Å².